The molecule has 0 radical (unpaired) electrons. The van der Waals surface area contributed by atoms with Crippen LogP contribution < -0.4 is 5.32 Å². The molecule has 0 fully saturated rings. The highest BCUT2D eigenvalue weighted by Crippen LogP contribution is 2.15. The highest BCUT2D eigenvalue weighted by Gasteiger charge is 2.28. The second-order valence-electron chi connectivity index (χ2n) is 3.93. The summed E-state index contributed by atoms with van der Waals surface area (Å²) in [6.07, 6.45) is -1.21. The highest BCUT2D eigenvalue weighted by molar-refractivity contribution is 4.50. The summed E-state index contributed by atoms with van der Waals surface area (Å²) in [5.41, 5.74) is 0. The molecule has 0 amide bonds. The van der Waals surface area contributed by atoms with Gasteiger partial charge in [0.05, 0.1) is 6.61 Å². The molecule has 92 valence electrons. The lowest BCUT2D eigenvalue weighted by molar-refractivity contribution is -0.323. The number of hydrogen-bond acceptors (Lipinski definition) is 2. The first kappa shape index (κ1) is 14.7. The van der Waals surface area contributed by atoms with Gasteiger partial charge in [-0.2, -0.15) is 0 Å². The van der Waals surface area contributed by atoms with Crippen LogP contribution in [0.4, 0.5) is 13.2 Å². The summed E-state index contributed by atoms with van der Waals surface area (Å²) in [4.78, 5) is 0. The Balaban J connectivity index is 3.06. The predicted octanol–water partition coefficient (Wildman–Crippen LogP) is 2.94. The minimum absolute atomic E-state index is 0.251. The number of rotatable bonds is 8. The molecule has 0 spiro atoms. The molecule has 15 heavy (non-hydrogen) atoms. The molecule has 0 aliphatic rings. The molecular weight excluding hydrogens is 207 g/mol. The molecule has 0 rings (SSSR count). The van der Waals surface area contributed by atoms with Crippen LogP contribution in [0.1, 0.15) is 33.1 Å². The van der Waals surface area contributed by atoms with Gasteiger partial charge in [-0.1, -0.05) is 26.7 Å². The number of nitrogens with one attached hydrogen (secondary N) is 1. The van der Waals surface area contributed by atoms with Gasteiger partial charge in [0, 0.05) is 6.54 Å². The van der Waals surface area contributed by atoms with Crippen molar-refractivity contribution in [2.75, 3.05) is 19.7 Å². The zero-order chi connectivity index (χ0) is 11.7. The first-order valence-electron chi connectivity index (χ1n) is 5.33. The first-order chi connectivity index (χ1) is 6.92. The second-order valence-corrected chi connectivity index (χ2v) is 3.93. The summed E-state index contributed by atoms with van der Waals surface area (Å²) in [6.45, 7) is 5.01. The molecule has 0 saturated heterocycles. The van der Waals surface area contributed by atoms with E-state index in [1.807, 2.05) is 0 Å². The fourth-order valence-electron chi connectivity index (χ4n) is 1.17. The van der Waals surface area contributed by atoms with Crippen LogP contribution in [0.2, 0.25) is 0 Å². The summed E-state index contributed by atoms with van der Waals surface area (Å²) >= 11 is 0. The van der Waals surface area contributed by atoms with E-state index in [0.717, 1.165) is 19.4 Å². The lowest BCUT2D eigenvalue weighted by atomic mass is 10.1. The SMILES string of the molecule is CC(C)CCCCNCCOC(F)(F)F. The molecule has 1 N–H and O–H groups in total. The molecule has 0 aromatic heterocycles. The molecule has 0 aliphatic carbocycles. The van der Waals surface area contributed by atoms with E-state index in [1.165, 1.54) is 6.42 Å². The van der Waals surface area contributed by atoms with Gasteiger partial charge < -0.3 is 5.32 Å². The first-order valence-corrected chi connectivity index (χ1v) is 5.33. The van der Waals surface area contributed by atoms with Crippen LogP contribution in [0.3, 0.4) is 0 Å². The number of hydrogen-bond donors (Lipinski definition) is 1. The van der Waals surface area contributed by atoms with Gasteiger partial charge in [-0.3, -0.25) is 4.74 Å². The van der Waals surface area contributed by atoms with E-state index in [9.17, 15) is 13.2 Å². The van der Waals surface area contributed by atoms with Crippen LogP contribution in [0.25, 0.3) is 0 Å². The number of alkyl halides is 3. The maximum Gasteiger partial charge on any atom is 0.522 e. The summed E-state index contributed by atoms with van der Waals surface area (Å²) in [5.74, 6) is 0.693. The second kappa shape index (κ2) is 7.93. The largest absolute Gasteiger partial charge is 0.522 e. The Morgan fingerprint density at radius 1 is 1.13 bits per heavy atom. The van der Waals surface area contributed by atoms with Crippen molar-refractivity contribution in [2.45, 2.75) is 39.5 Å². The summed E-state index contributed by atoms with van der Waals surface area (Å²) < 4.78 is 38.2. The molecule has 0 saturated carbocycles. The van der Waals surface area contributed by atoms with Crippen molar-refractivity contribution in [2.24, 2.45) is 5.92 Å². The Bertz CT molecular complexity index is 148. The average molecular weight is 227 g/mol. The number of ether oxygens (including phenoxy) is 1. The van der Waals surface area contributed by atoms with E-state index < -0.39 is 6.36 Å². The topological polar surface area (TPSA) is 21.3 Å². The molecular formula is C10H20F3NO. The Kier molecular flexibility index (Phi) is 7.78. The van der Waals surface area contributed by atoms with Crippen LogP contribution in [0.15, 0.2) is 0 Å². The summed E-state index contributed by atoms with van der Waals surface area (Å²) in [7, 11) is 0. The van der Waals surface area contributed by atoms with Crippen molar-refractivity contribution in [3.63, 3.8) is 0 Å². The van der Waals surface area contributed by atoms with E-state index in [2.05, 4.69) is 23.9 Å². The zero-order valence-electron chi connectivity index (χ0n) is 9.36. The van der Waals surface area contributed by atoms with E-state index >= 15 is 0 Å². The van der Waals surface area contributed by atoms with Crippen molar-refractivity contribution >= 4 is 0 Å². The minimum atomic E-state index is -4.50. The fraction of sp³-hybridized carbons (Fsp3) is 1.00. The third-order valence-corrected chi connectivity index (χ3v) is 1.93. The molecule has 0 aromatic rings. The van der Waals surface area contributed by atoms with Gasteiger partial charge in [-0.25, -0.2) is 0 Å². The van der Waals surface area contributed by atoms with Crippen molar-refractivity contribution in [1.82, 2.24) is 5.32 Å². The van der Waals surface area contributed by atoms with Gasteiger partial charge >= 0.3 is 6.36 Å². The standard InChI is InChI=1S/C10H20F3NO/c1-9(2)5-3-4-6-14-7-8-15-10(11,12)13/h9,14H,3-8H2,1-2H3. The molecule has 2 nitrogen and oxygen atoms in total. The average Bonchev–Trinajstić information content (AvgIpc) is 2.07. The smallest absolute Gasteiger partial charge is 0.314 e. The van der Waals surface area contributed by atoms with Crippen LogP contribution in [0, 0.1) is 5.92 Å². The van der Waals surface area contributed by atoms with Crippen molar-refractivity contribution in [3.8, 4) is 0 Å². The van der Waals surface area contributed by atoms with Gasteiger partial charge in [0.15, 0.2) is 0 Å². The minimum Gasteiger partial charge on any atom is -0.314 e. The van der Waals surface area contributed by atoms with Crippen molar-refractivity contribution < 1.29 is 17.9 Å². The zero-order valence-corrected chi connectivity index (χ0v) is 9.36. The summed E-state index contributed by atoms with van der Waals surface area (Å²) in [5, 5.41) is 2.91. The molecule has 0 bridgehead atoms. The molecule has 0 heterocycles. The van der Waals surface area contributed by atoms with E-state index in [-0.39, 0.29) is 13.2 Å². The van der Waals surface area contributed by atoms with E-state index in [4.69, 9.17) is 0 Å². The van der Waals surface area contributed by atoms with Crippen LogP contribution in [-0.4, -0.2) is 26.1 Å². The molecule has 0 aliphatic heterocycles. The van der Waals surface area contributed by atoms with Crippen LogP contribution in [0.5, 0.6) is 0 Å². The van der Waals surface area contributed by atoms with Crippen molar-refractivity contribution in [3.05, 3.63) is 0 Å². The van der Waals surface area contributed by atoms with Crippen molar-refractivity contribution in [1.29, 1.82) is 0 Å². The van der Waals surface area contributed by atoms with Gasteiger partial charge in [-0.05, 0) is 18.9 Å². The van der Waals surface area contributed by atoms with Crippen LogP contribution in [-0.2, 0) is 4.74 Å². The van der Waals surface area contributed by atoms with E-state index in [0.29, 0.717) is 5.92 Å². The third kappa shape index (κ3) is 13.7. The van der Waals surface area contributed by atoms with E-state index in [1.54, 1.807) is 0 Å². The monoisotopic (exact) mass is 227 g/mol. The maximum absolute atomic E-state index is 11.5. The Labute approximate surface area is 89.2 Å². The molecule has 0 unspecified atom stereocenters. The lowest BCUT2D eigenvalue weighted by Crippen LogP contribution is -2.25. The Hall–Kier alpha value is -0.290. The van der Waals surface area contributed by atoms with Gasteiger partial charge in [-0.15, -0.1) is 13.2 Å². The molecule has 0 atom stereocenters. The summed E-state index contributed by atoms with van der Waals surface area (Å²) in [6, 6.07) is 0. The van der Waals surface area contributed by atoms with Gasteiger partial charge in [0.1, 0.15) is 0 Å². The quantitative estimate of drug-likeness (QED) is 0.644. The van der Waals surface area contributed by atoms with Gasteiger partial charge in [0.2, 0.25) is 0 Å². The molecule has 0 aromatic carbocycles. The normalized spacial score (nSPS) is 12.4. The predicted molar refractivity (Wildman–Crippen MR) is 53.6 cm³/mol. The Morgan fingerprint density at radius 3 is 2.33 bits per heavy atom. The van der Waals surface area contributed by atoms with Gasteiger partial charge in [0.25, 0.3) is 0 Å². The fourth-order valence-corrected chi connectivity index (χ4v) is 1.17. The molecule has 5 heteroatoms. The lowest BCUT2D eigenvalue weighted by Gasteiger charge is -2.08. The number of unbranched alkanes of at least 4 members (excludes halogenated alkanes) is 1. The number of halogens is 3. The third-order valence-electron chi connectivity index (χ3n) is 1.93. The highest BCUT2D eigenvalue weighted by atomic mass is 19.4. The maximum atomic E-state index is 11.5. The van der Waals surface area contributed by atoms with Crippen LogP contribution >= 0.6 is 0 Å². The Morgan fingerprint density at radius 2 is 1.80 bits per heavy atom.